The van der Waals surface area contributed by atoms with Crippen molar-refractivity contribution in [3.8, 4) is 0 Å². The zero-order valence-corrected chi connectivity index (χ0v) is 15.2. The lowest BCUT2D eigenvalue weighted by Gasteiger charge is -2.07. The summed E-state index contributed by atoms with van der Waals surface area (Å²) in [5.41, 5.74) is 2.68. The van der Waals surface area contributed by atoms with Crippen molar-refractivity contribution in [3.05, 3.63) is 58.3 Å². The molecule has 3 rings (SSSR count). The van der Waals surface area contributed by atoms with E-state index in [1.807, 2.05) is 25.1 Å². The summed E-state index contributed by atoms with van der Waals surface area (Å²) in [7, 11) is 1.54. The van der Waals surface area contributed by atoms with Crippen molar-refractivity contribution in [1.29, 1.82) is 0 Å². The van der Waals surface area contributed by atoms with Gasteiger partial charge in [-0.05, 0) is 49.4 Å². The number of anilines is 2. The number of carbonyl (C=O) groups excluding carboxylic acids is 2. The fourth-order valence-corrected chi connectivity index (χ4v) is 2.79. The maximum absolute atomic E-state index is 12.5. The number of aryl methyl sites for hydroxylation is 1. The lowest BCUT2D eigenvalue weighted by molar-refractivity contribution is 0.0998. The first kappa shape index (κ1) is 17.0. The molecule has 0 aliphatic carbocycles. The zero-order chi connectivity index (χ0) is 18.0. The zero-order valence-electron chi connectivity index (χ0n) is 13.6. The number of carbonyl (C=O) groups is 2. The lowest BCUT2D eigenvalue weighted by atomic mass is 10.1. The molecule has 0 aliphatic rings. The number of urea groups is 1. The van der Waals surface area contributed by atoms with Crippen molar-refractivity contribution < 1.29 is 14.0 Å². The molecule has 0 atom stereocenters. The van der Waals surface area contributed by atoms with Gasteiger partial charge in [-0.1, -0.05) is 15.9 Å². The van der Waals surface area contributed by atoms with E-state index in [0.717, 1.165) is 15.4 Å². The molecule has 128 valence electrons. The first-order valence-electron chi connectivity index (χ1n) is 7.56. The fourth-order valence-electron chi connectivity index (χ4n) is 2.43. The van der Waals surface area contributed by atoms with Crippen LogP contribution >= 0.6 is 15.9 Å². The molecule has 1 aromatic heterocycles. The van der Waals surface area contributed by atoms with Gasteiger partial charge in [-0.15, -0.1) is 0 Å². The van der Waals surface area contributed by atoms with Gasteiger partial charge in [-0.3, -0.25) is 4.79 Å². The van der Waals surface area contributed by atoms with Gasteiger partial charge in [0.1, 0.15) is 5.58 Å². The fraction of sp³-hybridized carbons (Fsp3) is 0.111. The molecular weight excluding hydrogens is 386 g/mol. The molecule has 3 N–H and O–H groups in total. The highest BCUT2D eigenvalue weighted by molar-refractivity contribution is 9.10. The minimum Gasteiger partial charge on any atom is -0.451 e. The third kappa shape index (κ3) is 3.66. The quantitative estimate of drug-likeness (QED) is 0.603. The van der Waals surface area contributed by atoms with Crippen molar-refractivity contribution in [2.75, 3.05) is 17.7 Å². The van der Waals surface area contributed by atoms with Gasteiger partial charge < -0.3 is 20.4 Å². The molecule has 3 aromatic rings. The van der Waals surface area contributed by atoms with Gasteiger partial charge >= 0.3 is 6.03 Å². The molecule has 0 aliphatic heterocycles. The predicted octanol–water partition coefficient (Wildman–Crippen LogP) is 4.51. The minimum absolute atomic E-state index is 0.278. The number of hydrogen-bond acceptors (Lipinski definition) is 3. The van der Waals surface area contributed by atoms with E-state index >= 15 is 0 Å². The first-order chi connectivity index (χ1) is 12.0. The van der Waals surface area contributed by atoms with E-state index in [-0.39, 0.29) is 17.7 Å². The summed E-state index contributed by atoms with van der Waals surface area (Å²) >= 11 is 3.42. The van der Waals surface area contributed by atoms with Gasteiger partial charge in [0.2, 0.25) is 0 Å². The average molecular weight is 402 g/mol. The molecule has 1 heterocycles. The van der Waals surface area contributed by atoms with Crippen LogP contribution in [0.5, 0.6) is 0 Å². The van der Waals surface area contributed by atoms with Crippen LogP contribution in [0, 0.1) is 6.92 Å². The van der Waals surface area contributed by atoms with E-state index in [4.69, 9.17) is 4.42 Å². The number of halogens is 1. The second-order valence-corrected chi connectivity index (χ2v) is 6.35. The van der Waals surface area contributed by atoms with E-state index in [9.17, 15) is 9.59 Å². The van der Waals surface area contributed by atoms with Crippen molar-refractivity contribution in [2.24, 2.45) is 0 Å². The van der Waals surface area contributed by atoms with Crippen molar-refractivity contribution in [2.45, 2.75) is 6.92 Å². The summed E-state index contributed by atoms with van der Waals surface area (Å²) in [6.45, 7) is 1.85. The van der Waals surface area contributed by atoms with Crippen LogP contribution in [-0.2, 0) is 0 Å². The van der Waals surface area contributed by atoms with Crippen LogP contribution in [0.2, 0.25) is 0 Å². The van der Waals surface area contributed by atoms with Crippen molar-refractivity contribution in [1.82, 2.24) is 5.32 Å². The number of benzene rings is 2. The SMILES string of the molecule is CNC(=O)Nc1ccc(NC(=O)c2oc3ccc(Br)cc3c2C)cc1. The van der Waals surface area contributed by atoms with Crippen LogP contribution < -0.4 is 16.0 Å². The van der Waals surface area contributed by atoms with Gasteiger partial charge in [0.05, 0.1) is 0 Å². The topological polar surface area (TPSA) is 83.4 Å². The Hall–Kier alpha value is -2.80. The number of rotatable bonds is 3. The van der Waals surface area contributed by atoms with E-state index in [2.05, 4.69) is 31.9 Å². The highest BCUT2D eigenvalue weighted by atomic mass is 79.9. The minimum atomic E-state index is -0.322. The Kier molecular flexibility index (Phi) is 4.76. The Morgan fingerprint density at radius 2 is 1.64 bits per heavy atom. The van der Waals surface area contributed by atoms with E-state index in [1.165, 1.54) is 7.05 Å². The van der Waals surface area contributed by atoms with Gasteiger partial charge in [0.15, 0.2) is 5.76 Å². The number of amides is 3. The number of furan rings is 1. The van der Waals surface area contributed by atoms with Crippen LogP contribution in [0.25, 0.3) is 11.0 Å². The number of nitrogens with one attached hydrogen (secondary N) is 3. The number of fused-ring (bicyclic) bond motifs is 1. The molecule has 0 bridgehead atoms. The van der Waals surface area contributed by atoms with E-state index in [0.29, 0.717) is 17.0 Å². The van der Waals surface area contributed by atoms with Crippen LogP contribution in [-0.4, -0.2) is 19.0 Å². The van der Waals surface area contributed by atoms with Crippen molar-refractivity contribution >= 4 is 50.2 Å². The van der Waals surface area contributed by atoms with Gasteiger partial charge in [0, 0.05) is 33.8 Å². The highest BCUT2D eigenvalue weighted by Crippen LogP contribution is 2.28. The monoisotopic (exact) mass is 401 g/mol. The molecule has 2 aromatic carbocycles. The van der Waals surface area contributed by atoms with Gasteiger partial charge in [-0.2, -0.15) is 0 Å². The molecule has 7 heteroatoms. The van der Waals surface area contributed by atoms with Crippen LogP contribution in [0.1, 0.15) is 16.1 Å². The van der Waals surface area contributed by atoms with E-state index < -0.39 is 0 Å². The van der Waals surface area contributed by atoms with Gasteiger partial charge in [-0.25, -0.2) is 4.79 Å². The smallest absolute Gasteiger partial charge is 0.318 e. The second-order valence-electron chi connectivity index (χ2n) is 5.43. The van der Waals surface area contributed by atoms with Crippen LogP contribution in [0.15, 0.2) is 51.4 Å². The molecule has 25 heavy (non-hydrogen) atoms. The third-order valence-corrected chi connectivity index (χ3v) is 4.23. The Labute approximate surface area is 152 Å². The molecule has 0 saturated carbocycles. The molecule has 0 fully saturated rings. The summed E-state index contributed by atoms with van der Waals surface area (Å²) in [5.74, 6) is -0.0440. The average Bonchev–Trinajstić information content (AvgIpc) is 2.93. The van der Waals surface area contributed by atoms with E-state index in [1.54, 1.807) is 24.3 Å². The maximum atomic E-state index is 12.5. The Morgan fingerprint density at radius 3 is 2.28 bits per heavy atom. The summed E-state index contributed by atoms with van der Waals surface area (Å²) in [4.78, 5) is 23.8. The standard InChI is InChI=1S/C18H16BrN3O3/c1-10-14-9-11(19)3-8-15(14)25-16(10)17(23)21-12-4-6-13(7-5-12)22-18(24)20-2/h3-9H,1-2H3,(H,21,23)(H2,20,22,24). The lowest BCUT2D eigenvalue weighted by Crippen LogP contribution is -2.24. The Bertz CT molecular complexity index is 948. The third-order valence-electron chi connectivity index (χ3n) is 3.73. The maximum Gasteiger partial charge on any atom is 0.318 e. The molecular formula is C18H16BrN3O3. The Morgan fingerprint density at radius 1 is 1.00 bits per heavy atom. The number of hydrogen-bond donors (Lipinski definition) is 3. The Balaban J connectivity index is 1.78. The molecule has 0 unspecified atom stereocenters. The molecule has 6 nitrogen and oxygen atoms in total. The van der Waals surface area contributed by atoms with Crippen LogP contribution in [0.3, 0.4) is 0 Å². The largest absolute Gasteiger partial charge is 0.451 e. The molecule has 3 amide bonds. The van der Waals surface area contributed by atoms with Crippen molar-refractivity contribution in [3.63, 3.8) is 0 Å². The summed E-state index contributed by atoms with van der Waals surface area (Å²) in [6.07, 6.45) is 0. The normalized spacial score (nSPS) is 10.5. The predicted molar refractivity (Wildman–Crippen MR) is 101 cm³/mol. The molecule has 0 spiro atoms. The van der Waals surface area contributed by atoms with Crippen LogP contribution in [0.4, 0.5) is 16.2 Å². The molecule has 0 saturated heterocycles. The van der Waals surface area contributed by atoms with Gasteiger partial charge in [0.25, 0.3) is 5.91 Å². The highest BCUT2D eigenvalue weighted by Gasteiger charge is 2.18. The summed E-state index contributed by atoms with van der Waals surface area (Å²) < 4.78 is 6.61. The second kappa shape index (κ2) is 6.98. The molecule has 0 radical (unpaired) electrons. The summed E-state index contributed by atoms with van der Waals surface area (Å²) in [5, 5.41) is 8.81. The summed E-state index contributed by atoms with van der Waals surface area (Å²) in [6, 6.07) is 12.1. The first-order valence-corrected chi connectivity index (χ1v) is 8.36.